The highest BCUT2D eigenvalue weighted by molar-refractivity contribution is 6.20. The Hall–Kier alpha value is -0.930. The second kappa shape index (κ2) is 4.07. The average molecular weight is 214 g/mol. The number of phenolic OH excluding ortho intramolecular Hbond substituents is 1. The summed E-state index contributed by atoms with van der Waals surface area (Å²) in [6, 6.07) is 7.25. The number of nitrogens with zero attached hydrogens (tertiary/aromatic N) is 1. The van der Waals surface area contributed by atoms with Gasteiger partial charge in [-0.1, -0.05) is 23.7 Å². The van der Waals surface area contributed by atoms with Gasteiger partial charge < -0.3 is 14.7 Å². The van der Waals surface area contributed by atoms with E-state index in [2.05, 4.69) is 0 Å². The van der Waals surface area contributed by atoms with E-state index in [1.54, 1.807) is 12.1 Å². The summed E-state index contributed by atoms with van der Waals surface area (Å²) in [7, 11) is 0. The van der Waals surface area contributed by atoms with Crippen LogP contribution in [0.5, 0.6) is 5.75 Å². The molecule has 0 amide bonds. The zero-order valence-corrected chi connectivity index (χ0v) is 8.44. The second-order valence-corrected chi connectivity index (χ2v) is 3.70. The number of morpholine rings is 1. The predicted octanol–water partition coefficient (Wildman–Crippen LogP) is 1.79. The fourth-order valence-electron chi connectivity index (χ4n) is 1.56. The molecule has 1 N–H and O–H groups in total. The van der Waals surface area contributed by atoms with Crippen LogP contribution in [0.4, 0.5) is 5.69 Å². The third-order valence-corrected chi connectivity index (χ3v) is 2.51. The fraction of sp³-hybridized carbons (Fsp3) is 0.400. The van der Waals surface area contributed by atoms with Gasteiger partial charge in [-0.25, -0.2) is 0 Å². The molecule has 1 heterocycles. The number of ether oxygens (including phenoxy) is 1. The Morgan fingerprint density at radius 1 is 1.43 bits per heavy atom. The Labute approximate surface area is 87.9 Å². The standard InChI is InChI=1S/C10H12ClNO2/c11-10-7-12(5-6-14-10)8-3-1-2-4-9(8)13/h1-4,10,13H,5-7H2. The van der Waals surface area contributed by atoms with Crippen molar-refractivity contribution in [3.05, 3.63) is 24.3 Å². The van der Waals surface area contributed by atoms with Gasteiger partial charge in [0.1, 0.15) is 11.3 Å². The molecule has 76 valence electrons. The third-order valence-electron chi connectivity index (χ3n) is 2.25. The molecule has 0 bridgehead atoms. The molecule has 0 spiro atoms. The van der Waals surface area contributed by atoms with Gasteiger partial charge in [-0.05, 0) is 12.1 Å². The molecule has 4 heteroatoms. The molecule has 1 aliphatic heterocycles. The maximum Gasteiger partial charge on any atom is 0.148 e. The summed E-state index contributed by atoms with van der Waals surface area (Å²) < 4.78 is 5.21. The Bertz CT molecular complexity index is 319. The van der Waals surface area contributed by atoms with Crippen LogP contribution in [0.25, 0.3) is 0 Å². The van der Waals surface area contributed by atoms with E-state index in [0.29, 0.717) is 18.9 Å². The van der Waals surface area contributed by atoms with Crippen LogP contribution in [0.1, 0.15) is 0 Å². The first kappa shape index (κ1) is 9.62. The molecule has 3 nitrogen and oxygen atoms in total. The highest BCUT2D eigenvalue weighted by Gasteiger charge is 2.19. The van der Waals surface area contributed by atoms with Crippen molar-refractivity contribution in [2.75, 3.05) is 24.6 Å². The van der Waals surface area contributed by atoms with Gasteiger partial charge in [-0.3, -0.25) is 0 Å². The molecule has 0 aromatic heterocycles. The molecular weight excluding hydrogens is 202 g/mol. The summed E-state index contributed by atoms with van der Waals surface area (Å²) in [5.41, 5.74) is 0.532. The minimum Gasteiger partial charge on any atom is -0.506 e. The van der Waals surface area contributed by atoms with E-state index in [4.69, 9.17) is 16.3 Å². The molecule has 1 aromatic carbocycles. The first-order valence-corrected chi connectivity index (χ1v) is 4.99. The number of halogens is 1. The topological polar surface area (TPSA) is 32.7 Å². The highest BCUT2D eigenvalue weighted by Crippen LogP contribution is 2.28. The van der Waals surface area contributed by atoms with E-state index in [9.17, 15) is 5.11 Å². The Balaban J connectivity index is 2.18. The molecule has 0 aliphatic carbocycles. The van der Waals surface area contributed by atoms with Crippen molar-refractivity contribution in [3.8, 4) is 5.75 Å². The zero-order valence-electron chi connectivity index (χ0n) is 7.69. The number of rotatable bonds is 1. The van der Waals surface area contributed by atoms with Gasteiger partial charge in [0.05, 0.1) is 18.8 Å². The molecule has 1 aliphatic rings. The van der Waals surface area contributed by atoms with Crippen LogP contribution in [-0.4, -0.2) is 30.4 Å². The number of aromatic hydroxyl groups is 1. The molecule has 1 aromatic rings. The van der Waals surface area contributed by atoms with E-state index >= 15 is 0 Å². The maximum absolute atomic E-state index is 9.62. The quantitative estimate of drug-likeness (QED) is 0.722. The van der Waals surface area contributed by atoms with Crippen LogP contribution in [0, 0.1) is 0 Å². The molecule has 1 unspecified atom stereocenters. The van der Waals surface area contributed by atoms with Crippen molar-refractivity contribution in [3.63, 3.8) is 0 Å². The normalized spacial score (nSPS) is 22.4. The Morgan fingerprint density at radius 2 is 2.21 bits per heavy atom. The molecule has 14 heavy (non-hydrogen) atoms. The molecule has 2 rings (SSSR count). The van der Waals surface area contributed by atoms with Crippen LogP contribution < -0.4 is 4.90 Å². The maximum atomic E-state index is 9.62. The van der Waals surface area contributed by atoms with Gasteiger partial charge in [-0.2, -0.15) is 0 Å². The lowest BCUT2D eigenvalue weighted by atomic mass is 10.2. The first-order chi connectivity index (χ1) is 6.77. The van der Waals surface area contributed by atoms with Crippen LogP contribution in [0.3, 0.4) is 0 Å². The number of hydrogen-bond donors (Lipinski definition) is 1. The molecule has 1 atom stereocenters. The van der Waals surface area contributed by atoms with Crippen LogP contribution in [0.2, 0.25) is 0 Å². The zero-order chi connectivity index (χ0) is 9.97. The van der Waals surface area contributed by atoms with E-state index in [-0.39, 0.29) is 5.56 Å². The van der Waals surface area contributed by atoms with Crippen LogP contribution in [-0.2, 0) is 4.74 Å². The van der Waals surface area contributed by atoms with Gasteiger partial charge in [0.15, 0.2) is 0 Å². The largest absolute Gasteiger partial charge is 0.506 e. The number of para-hydroxylation sites is 2. The molecular formula is C10H12ClNO2. The summed E-state index contributed by atoms with van der Waals surface area (Å²) in [5, 5.41) is 9.62. The number of hydrogen-bond acceptors (Lipinski definition) is 3. The van der Waals surface area contributed by atoms with Crippen LogP contribution in [0.15, 0.2) is 24.3 Å². The summed E-state index contributed by atoms with van der Waals surface area (Å²) in [4.78, 5) is 2.02. The SMILES string of the molecule is Oc1ccccc1N1CCOC(Cl)C1. The van der Waals surface area contributed by atoms with Gasteiger partial charge in [-0.15, -0.1) is 0 Å². The van der Waals surface area contributed by atoms with E-state index in [1.165, 1.54) is 0 Å². The summed E-state index contributed by atoms with van der Waals surface area (Å²) in [5.74, 6) is 0.290. The number of phenols is 1. The van der Waals surface area contributed by atoms with Gasteiger partial charge in [0, 0.05) is 6.54 Å². The Kier molecular flexibility index (Phi) is 2.79. The van der Waals surface area contributed by atoms with Crippen molar-refractivity contribution in [1.29, 1.82) is 0 Å². The van der Waals surface area contributed by atoms with E-state index in [0.717, 1.165) is 12.2 Å². The smallest absolute Gasteiger partial charge is 0.148 e. The van der Waals surface area contributed by atoms with Crippen molar-refractivity contribution >= 4 is 17.3 Å². The monoisotopic (exact) mass is 213 g/mol. The van der Waals surface area contributed by atoms with Gasteiger partial charge >= 0.3 is 0 Å². The predicted molar refractivity (Wildman–Crippen MR) is 55.9 cm³/mol. The summed E-state index contributed by atoms with van der Waals surface area (Å²) in [6.07, 6.45) is 0. The van der Waals surface area contributed by atoms with E-state index < -0.39 is 0 Å². The van der Waals surface area contributed by atoms with Crippen molar-refractivity contribution in [2.45, 2.75) is 5.56 Å². The molecule has 0 saturated carbocycles. The van der Waals surface area contributed by atoms with Gasteiger partial charge in [0.2, 0.25) is 0 Å². The number of benzene rings is 1. The highest BCUT2D eigenvalue weighted by atomic mass is 35.5. The Morgan fingerprint density at radius 3 is 2.93 bits per heavy atom. The van der Waals surface area contributed by atoms with Crippen molar-refractivity contribution in [2.24, 2.45) is 0 Å². The number of alkyl halides is 1. The summed E-state index contributed by atoms with van der Waals surface area (Å²) >= 11 is 5.87. The minimum absolute atomic E-state index is 0.289. The van der Waals surface area contributed by atoms with Gasteiger partial charge in [0.25, 0.3) is 0 Å². The lowest BCUT2D eigenvalue weighted by Gasteiger charge is -2.32. The minimum atomic E-state index is -0.289. The third kappa shape index (κ3) is 1.94. The van der Waals surface area contributed by atoms with E-state index in [1.807, 2.05) is 17.0 Å². The summed E-state index contributed by atoms with van der Waals surface area (Å²) in [6.45, 7) is 1.97. The molecule has 1 saturated heterocycles. The first-order valence-electron chi connectivity index (χ1n) is 4.56. The second-order valence-electron chi connectivity index (χ2n) is 3.22. The molecule has 1 fully saturated rings. The molecule has 0 radical (unpaired) electrons. The van der Waals surface area contributed by atoms with Crippen molar-refractivity contribution < 1.29 is 9.84 Å². The lowest BCUT2D eigenvalue weighted by molar-refractivity contribution is 0.0932. The lowest BCUT2D eigenvalue weighted by Crippen LogP contribution is -2.40. The van der Waals surface area contributed by atoms with Crippen LogP contribution >= 0.6 is 11.6 Å². The fourth-order valence-corrected chi connectivity index (χ4v) is 1.81. The average Bonchev–Trinajstić information content (AvgIpc) is 2.18. The number of anilines is 1. The van der Waals surface area contributed by atoms with Crippen molar-refractivity contribution in [1.82, 2.24) is 0 Å².